The van der Waals surface area contributed by atoms with Crippen molar-refractivity contribution in [3.05, 3.63) is 65.2 Å². The molecule has 3 rings (SSSR count). The molecule has 2 aromatic rings. The number of nitrogens with zero attached hydrogens (tertiary/aromatic N) is 1. The Hall–Kier alpha value is -3.20. The van der Waals surface area contributed by atoms with Crippen molar-refractivity contribution in [1.29, 1.82) is 0 Å². The van der Waals surface area contributed by atoms with Gasteiger partial charge in [0.2, 0.25) is 0 Å². The third-order valence-electron chi connectivity index (χ3n) is 4.28. The molecule has 1 aliphatic heterocycles. The molecule has 0 aromatic heterocycles. The zero-order chi connectivity index (χ0) is 14.9. The van der Waals surface area contributed by atoms with Gasteiger partial charge in [0, 0.05) is 24.8 Å². The average Bonchev–Trinajstić information content (AvgIpc) is 2.50. The van der Waals surface area contributed by atoms with Crippen molar-refractivity contribution in [2.24, 2.45) is 0 Å². The quantitative estimate of drug-likeness (QED) is 0.360. The van der Waals surface area contributed by atoms with Crippen LogP contribution in [0.1, 0.15) is 37.0 Å². The van der Waals surface area contributed by atoms with Gasteiger partial charge in [0.15, 0.2) is 0 Å². The maximum Gasteiger partial charge on any atom is 0.0402 e. The van der Waals surface area contributed by atoms with Crippen LogP contribution in [0.15, 0.2) is 42.5 Å². The molecule has 1 aliphatic rings. The van der Waals surface area contributed by atoms with Crippen LogP contribution in [-0.2, 0) is 5.41 Å². The summed E-state index contributed by atoms with van der Waals surface area (Å²) in [6, 6.07) is 17.4. The van der Waals surface area contributed by atoms with Crippen LogP contribution in [0.2, 0.25) is 0 Å². The van der Waals surface area contributed by atoms with Gasteiger partial charge in [0.25, 0.3) is 0 Å². The predicted octanol–water partition coefficient (Wildman–Crippen LogP) is 4.00. The van der Waals surface area contributed by atoms with E-state index in [2.05, 4.69) is 61.9 Å². The molecule has 0 bridgehead atoms. The zero-order valence-electron chi connectivity index (χ0n) is 13.6. The standard InChI is InChI=1S/C20H20N.Rf/c1-20(2)13-14-21(3)19-12-11-17(15-18(19)20)10-9-16-7-5-4-6-8-16;/h5-8,11-12,15H,13-14H2,1-3H3;/q-1;. The van der Waals surface area contributed by atoms with Gasteiger partial charge in [-0.15, -0.1) is 0 Å². The molecule has 108 valence electrons. The number of rotatable bonds is 0. The molecule has 1 nitrogen and oxygen atoms in total. The molecule has 0 saturated carbocycles. The van der Waals surface area contributed by atoms with E-state index in [9.17, 15) is 0 Å². The molecule has 2 aromatic carbocycles. The van der Waals surface area contributed by atoms with E-state index in [1.165, 1.54) is 17.7 Å². The molecule has 0 spiro atoms. The number of hydrogen-bond acceptors (Lipinski definition) is 1. The first-order valence-corrected chi connectivity index (χ1v) is 7.40. The van der Waals surface area contributed by atoms with E-state index in [1.807, 2.05) is 24.3 Å². The predicted molar refractivity (Wildman–Crippen MR) is 88.6 cm³/mol. The van der Waals surface area contributed by atoms with Crippen LogP contribution < -0.4 is 4.90 Å². The minimum Gasteiger partial charge on any atom is -0.374 e. The summed E-state index contributed by atoms with van der Waals surface area (Å²) in [5.74, 6) is 6.50. The summed E-state index contributed by atoms with van der Waals surface area (Å²) in [5.41, 5.74) is 5.09. The Balaban J connectivity index is 0.00000176. The Kier molecular flexibility index (Phi) is 3.91. The van der Waals surface area contributed by atoms with E-state index in [4.69, 9.17) is 0 Å². The van der Waals surface area contributed by atoms with E-state index in [0.29, 0.717) is 0 Å². The number of hydrogen-bond donors (Lipinski definition) is 0. The van der Waals surface area contributed by atoms with Crippen molar-refractivity contribution < 1.29 is 0 Å². The minimum absolute atomic E-state index is 0. The summed E-state index contributed by atoms with van der Waals surface area (Å²) in [5, 5.41) is 0. The smallest absolute Gasteiger partial charge is 0.0402 e. The molecule has 0 N–H and O–H groups in total. The van der Waals surface area contributed by atoms with Gasteiger partial charge in [-0.05, 0) is 35.6 Å². The maximum atomic E-state index is 3.28. The number of benzene rings is 2. The Morgan fingerprint density at radius 2 is 1.73 bits per heavy atom. The van der Waals surface area contributed by atoms with Crippen molar-refractivity contribution in [2.75, 3.05) is 18.5 Å². The Morgan fingerprint density at radius 1 is 1.05 bits per heavy atom. The van der Waals surface area contributed by atoms with Crippen molar-refractivity contribution in [2.45, 2.75) is 25.7 Å². The van der Waals surface area contributed by atoms with Crippen LogP contribution in [0.3, 0.4) is 0 Å². The third kappa shape index (κ3) is 2.79. The van der Waals surface area contributed by atoms with E-state index < -0.39 is 0 Å². The summed E-state index contributed by atoms with van der Waals surface area (Å²) in [4.78, 5) is 2.34. The Labute approximate surface area is 127 Å². The van der Waals surface area contributed by atoms with Crippen molar-refractivity contribution in [3.63, 3.8) is 0 Å². The van der Waals surface area contributed by atoms with Crippen LogP contribution in [0.5, 0.6) is 0 Å². The van der Waals surface area contributed by atoms with Gasteiger partial charge < -0.3 is 4.90 Å². The van der Waals surface area contributed by atoms with Gasteiger partial charge in [-0.3, -0.25) is 0 Å². The average molecular weight is 541 g/mol. The summed E-state index contributed by atoms with van der Waals surface area (Å²) < 4.78 is 0. The molecular weight excluding hydrogens is 521 g/mol. The first-order valence-electron chi connectivity index (χ1n) is 7.40. The van der Waals surface area contributed by atoms with Gasteiger partial charge in [-0.2, -0.15) is 30.3 Å². The SMILES string of the molecule is CN1CCC(C)(C)c2cc(C#Cc3cc[c-]cc3)ccc21.[Rf]. The third-order valence-corrected chi connectivity index (χ3v) is 4.28. The summed E-state index contributed by atoms with van der Waals surface area (Å²) in [6.07, 6.45) is 1.18. The molecule has 22 heavy (non-hydrogen) atoms. The molecule has 0 radical (unpaired) electrons. The van der Waals surface area contributed by atoms with Gasteiger partial charge in [-0.1, -0.05) is 31.3 Å². The van der Waals surface area contributed by atoms with Crippen molar-refractivity contribution in [3.8, 4) is 11.8 Å². The second-order valence-corrected chi connectivity index (χ2v) is 6.33. The van der Waals surface area contributed by atoms with E-state index in [1.54, 1.807) is 0 Å². The zero-order valence-corrected chi connectivity index (χ0v) is 20.0. The van der Waals surface area contributed by atoms with Crippen LogP contribution in [0.25, 0.3) is 0 Å². The summed E-state index contributed by atoms with van der Waals surface area (Å²) in [7, 11) is 2.17. The van der Waals surface area contributed by atoms with Crippen molar-refractivity contribution in [1.82, 2.24) is 0 Å². The number of anilines is 1. The monoisotopic (exact) mass is 541 g/mol. The topological polar surface area (TPSA) is 3.24 Å². The summed E-state index contributed by atoms with van der Waals surface area (Å²) >= 11 is 0. The van der Waals surface area contributed by atoms with E-state index in [-0.39, 0.29) is 5.41 Å². The largest absolute Gasteiger partial charge is 0.374 e. The van der Waals surface area contributed by atoms with Crippen LogP contribution >= 0.6 is 0 Å². The molecule has 0 unspecified atom stereocenters. The molecule has 1 heterocycles. The maximum absolute atomic E-state index is 3.28. The Bertz CT molecular complexity index is 707. The molecule has 2 heteroatoms. The van der Waals surface area contributed by atoms with Crippen LogP contribution in [0.4, 0.5) is 5.69 Å². The Morgan fingerprint density at radius 3 is 2.45 bits per heavy atom. The fraction of sp³-hybridized carbons (Fsp3) is 0.300. The molecule has 0 aliphatic carbocycles. The fourth-order valence-corrected chi connectivity index (χ4v) is 2.81. The molecule has 0 saturated heterocycles. The normalized spacial score (nSPS) is 15.1. The minimum atomic E-state index is 0. The first-order chi connectivity index (χ1) is 10.1. The second-order valence-electron chi connectivity index (χ2n) is 6.33. The van der Waals surface area contributed by atoms with E-state index >= 15 is 0 Å². The molecule has 0 amide bonds. The van der Waals surface area contributed by atoms with Gasteiger partial charge in [0.05, 0.1) is 0 Å². The van der Waals surface area contributed by atoms with Crippen molar-refractivity contribution >= 4 is 5.69 Å². The second kappa shape index (κ2) is 5.66. The van der Waals surface area contributed by atoms with Gasteiger partial charge >= 0.3 is 0 Å². The van der Waals surface area contributed by atoms with Gasteiger partial charge in [0.1, 0.15) is 0 Å². The molecule has 0 atom stereocenters. The molecule has 0 fully saturated rings. The summed E-state index contributed by atoms with van der Waals surface area (Å²) in [6.45, 7) is 5.76. The van der Waals surface area contributed by atoms with E-state index in [0.717, 1.165) is 17.7 Å². The fourth-order valence-electron chi connectivity index (χ4n) is 2.81. The number of fused-ring (bicyclic) bond motifs is 1. The molecular formula is C20H20NRf-. The van der Waals surface area contributed by atoms with Crippen LogP contribution in [0, 0.1) is 17.9 Å². The van der Waals surface area contributed by atoms with Crippen LogP contribution in [-0.4, -0.2) is 13.6 Å². The van der Waals surface area contributed by atoms with Gasteiger partial charge in [-0.25, -0.2) is 0 Å². The first kappa shape index (κ1) is 15.2.